The van der Waals surface area contributed by atoms with Crippen LogP contribution in [0.2, 0.25) is 0 Å². The molecule has 1 unspecified atom stereocenters. The summed E-state index contributed by atoms with van der Waals surface area (Å²) >= 11 is 0. The van der Waals surface area contributed by atoms with Crippen LogP contribution in [0.5, 0.6) is 0 Å². The molecular formula is C19H24FN5O3. The molecule has 1 N–H and O–H groups in total. The molecule has 0 radical (unpaired) electrons. The Morgan fingerprint density at radius 2 is 2.18 bits per heavy atom. The van der Waals surface area contributed by atoms with E-state index in [-0.39, 0.29) is 19.0 Å². The first-order valence-electron chi connectivity index (χ1n) is 9.05. The van der Waals surface area contributed by atoms with E-state index in [0.717, 1.165) is 5.57 Å². The van der Waals surface area contributed by atoms with Crippen molar-refractivity contribution in [1.29, 1.82) is 0 Å². The van der Waals surface area contributed by atoms with Crippen LogP contribution < -0.4 is 15.1 Å². The van der Waals surface area contributed by atoms with Crippen molar-refractivity contribution < 1.29 is 18.7 Å². The van der Waals surface area contributed by atoms with E-state index in [1.807, 2.05) is 11.9 Å². The van der Waals surface area contributed by atoms with Crippen LogP contribution in [0.1, 0.15) is 13.8 Å². The van der Waals surface area contributed by atoms with Crippen molar-refractivity contribution in [1.82, 2.24) is 10.3 Å². The number of amides is 2. The molecule has 28 heavy (non-hydrogen) atoms. The maximum Gasteiger partial charge on any atom is 0.414 e. The third kappa shape index (κ3) is 4.59. The smallest absolute Gasteiger partial charge is 0.414 e. The Bertz CT molecular complexity index is 813. The average molecular weight is 389 g/mol. The molecular weight excluding hydrogens is 365 g/mol. The van der Waals surface area contributed by atoms with Crippen molar-refractivity contribution in [3.8, 4) is 0 Å². The molecule has 0 bridgehead atoms. The summed E-state index contributed by atoms with van der Waals surface area (Å²) in [5.41, 5.74) is 1.81. The molecule has 3 rings (SSSR count). The number of benzene rings is 1. The Hall–Kier alpha value is -3.10. The second-order valence-corrected chi connectivity index (χ2v) is 6.96. The Morgan fingerprint density at radius 1 is 1.39 bits per heavy atom. The van der Waals surface area contributed by atoms with E-state index < -0.39 is 18.0 Å². The first-order valence-corrected chi connectivity index (χ1v) is 9.05. The van der Waals surface area contributed by atoms with Crippen molar-refractivity contribution in [3.05, 3.63) is 36.2 Å². The first kappa shape index (κ1) is 19.7. The van der Waals surface area contributed by atoms with E-state index >= 15 is 0 Å². The number of hydrogen-bond donors (Lipinski definition) is 1. The number of anilines is 2. The number of carbonyl (C=O) groups excluding carboxylic acids is 2. The zero-order valence-corrected chi connectivity index (χ0v) is 16.0. The summed E-state index contributed by atoms with van der Waals surface area (Å²) < 4.78 is 19.9. The van der Waals surface area contributed by atoms with Crippen molar-refractivity contribution in [2.45, 2.75) is 20.0 Å². The molecule has 1 saturated heterocycles. The van der Waals surface area contributed by atoms with Gasteiger partial charge in [0.1, 0.15) is 18.3 Å². The zero-order valence-electron chi connectivity index (χ0n) is 16.0. The summed E-state index contributed by atoms with van der Waals surface area (Å²) in [6, 6.07) is 4.61. The quantitative estimate of drug-likeness (QED) is 0.753. The molecule has 1 fully saturated rings. The fourth-order valence-corrected chi connectivity index (χ4v) is 3.08. The van der Waals surface area contributed by atoms with Gasteiger partial charge >= 0.3 is 6.09 Å². The van der Waals surface area contributed by atoms with Gasteiger partial charge in [-0.3, -0.25) is 14.7 Å². The molecule has 150 valence electrons. The zero-order chi connectivity index (χ0) is 20.3. The van der Waals surface area contributed by atoms with Crippen LogP contribution in [-0.4, -0.2) is 62.2 Å². The molecule has 2 heterocycles. The molecule has 8 nitrogen and oxygen atoms in total. The average Bonchev–Trinajstić information content (AvgIpc) is 3.01. The lowest BCUT2D eigenvalue weighted by Gasteiger charge is -2.30. The molecule has 0 aliphatic carbocycles. The summed E-state index contributed by atoms with van der Waals surface area (Å²) in [6.45, 7) is 9.59. The molecule has 2 aliphatic rings. The second kappa shape index (κ2) is 8.28. The number of ether oxygens (including phenoxy) is 1. The van der Waals surface area contributed by atoms with E-state index in [9.17, 15) is 14.0 Å². The first-order chi connectivity index (χ1) is 13.3. The van der Waals surface area contributed by atoms with Crippen LogP contribution in [0.15, 0.2) is 35.5 Å². The molecule has 0 saturated carbocycles. The fraction of sp³-hybridized carbons (Fsp3) is 0.421. The highest BCUT2D eigenvalue weighted by molar-refractivity contribution is 5.90. The van der Waals surface area contributed by atoms with Gasteiger partial charge in [-0.25, -0.2) is 9.18 Å². The van der Waals surface area contributed by atoms with Gasteiger partial charge in [0, 0.05) is 13.5 Å². The minimum absolute atomic E-state index is 0.199. The number of rotatable bonds is 6. The lowest BCUT2D eigenvalue weighted by Crippen LogP contribution is -2.38. The third-order valence-electron chi connectivity index (χ3n) is 4.41. The minimum Gasteiger partial charge on any atom is -0.442 e. The lowest BCUT2D eigenvalue weighted by molar-refractivity contribution is -0.119. The topological polar surface area (TPSA) is 77.5 Å². The van der Waals surface area contributed by atoms with Crippen LogP contribution in [0.3, 0.4) is 0 Å². The highest BCUT2D eigenvalue weighted by atomic mass is 19.1. The van der Waals surface area contributed by atoms with Crippen molar-refractivity contribution >= 4 is 29.7 Å². The number of cyclic esters (lactones) is 1. The Balaban J connectivity index is 1.67. The van der Waals surface area contributed by atoms with Crippen LogP contribution >= 0.6 is 0 Å². The monoisotopic (exact) mass is 389 g/mol. The lowest BCUT2D eigenvalue weighted by atomic mass is 10.2. The predicted molar refractivity (Wildman–Crippen MR) is 105 cm³/mol. The van der Waals surface area contributed by atoms with Crippen molar-refractivity contribution in [2.75, 3.05) is 42.5 Å². The summed E-state index contributed by atoms with van der Waals surface area (Å²) in [4.78, 5) is 26.2. The maximum atomic E-state index is 14.7. The summed E-state index contributed by atoms with van der Waals surface area (Å²) in [5.74, 6) is -0.648. The summed E-state index contributed by atoms with van der Waals surface area (Å²) in [6.07, 6.45) is 0.572. The molecule has 1 aromatic carbocycles. The number of hydrogen-bond acceptors (Lipinski definition) is 6. The second-order valence-electron chi connectivity index (χ2n) is 6.96. The van der Waals surface area contributed by atoms with E-state index in [2.05, 4.69) is 17.0 Å². The molecule has 0 aromatic heterocycles. The SMILES string of the molecule is C=C(C)CN1CCN(c2ccc(N3CC(CNC(C)=O)OC3=O)cc2F)C=N1. The highest BCUT2D eigenvalue weighted by Gasteiger charge is 2.33. The van der Waals surface area contributed by atoms with Gasteiger partial charge in [-0.05, 0) is 25.1 Å². The van der Waals surface area contributed by atoms with Crippen LogP contribution in [0.25, 0.3) is 0 Å². The number of halogens is 1. The summed E-state index contributed by atoms with van der Waals surface area (Å²) in [5, 5.41) is 8.80. The number of nitrogens with one attached hydrogen (secondary N) is 1. The molecule has 1 aromatic rings. The standard InChI is InChI=1S/C19H24FN5O3/c1-13(2)10-24-7-6-23(12-22-24)18-5-4-15(8-17(18)20)25-11-16(28-19(25)27)9-21-14(3)26/h4-5,8,12,16H,1,6-7,9-11H2,2-3H3,(H,21,26). The number of carbonyl (C=O) groups is 2. The van der Waals surface area contributed by atoms with Gasteiger partial charge in [0.2, 0.25) is 5.91 Å². The van der Waals surface area contributed by atoms with Gasteiger partial charge in [-0.2, -0.15) is 5.10 Å². The molecule has 2 amide bonds. The van der Waals surface area contributed by atoms with Gasteiger partial charge in [0.05, 0.1) is 37.6 Å². The molecule has 9 heteroatoms. The van der Waals surface area contributed by atoms with Crippen LogP contribution in [0, 0.1) is 5.82 Å². The Kier molecular flexibility index (Phi) is 5.81. The number of hydrazone groups is 1. The van der Waals surface area contributed by atoms with E-state index in [1.165, 1.54) is 17.9 Å². The van der Waals surface area contributed by atoms with Gasteiger partial charge in [0.25, 0.3) is 0 Å². The number of nitrogens with zero attached hydrogens (tertiary/aromatic N) is 4. The molecule has 1 atom stereocenters. The van der Waals surface area contributed by atoms with Gasteiger partial charge in [-0.1, -0.05) is 12.2 Å². The van der Waals surface area contributed by atoms with Crippen LogP contribution in [-0.2, 0) is 9.53 Å². The molecule has 0 spiro atoms. The van der Waals surface area contributed by atoms with E-state index in [1.54, 1.807) is 23.4 Å². The van der Waals surface area contributed by atoms with Crippen molar-refractivity contribution in [2.24, 2.45) is 5.10 Å². The largest absolute Gasteiger partial charge is 0.442 e. The highest BCUT2D eigenvalue weighted by Crippen LogP contribution is 2.28. The van der Waals surface area contributed by atoms with E-state index in [0.29, 0.717) is 31.0 Å². The van der Waals surface area contributed by atoms with E-state index in [4.69, 9.17) is 4.74 Å². The maximum absolute atomic E-state index is 14.7. The fourth-order valence-electron chi connectivity index (χ4n) is 3.08. The predicted octanol–water partition coefficient (Wildman–Crippen LogP) is 1.93. The van der Waals surface area contributed by atoms with Crippen LogP contribution in [0.4, 0.5) is 20.6 Å². The van der Waals surface area contributed by atoms with Crippen molar-refractivity contribution in [3.63, 3.8) is 0 Å². The van der Waals surface area contributed by atoms with Gasteiger partial charge < -0.3 is 15.0 Å². The van der Waals surface area contributed by atoms with Gasteiger partial charge in [-0.15, -0.1) is 0 Å². The minimum atomic E-state index is -0.558. The Labute approximate surface area is 163 Å². The summed E-state index contributed by atoms with van der Waals surface area (Å²) in [7, 11) is 0. The Morgan fingerprint density at radius 3 is 2.79 bits per heavy atom. The third-order valence-corrected chi connectivity index (χ3v) is 4.41. The van der Waals surface area contributed by atoms with Gasteiger partial charge in [0.15, 0.2) is 0 Å². The molecule has 2 aliphatic heterocycles. The normalized spacial score (nSPS) is 19.0.